The minimum absolute atomic E-state index is 0.400. The fourth-order valence-corrected chi connectivity index (χ4v) is 2.10. The Kier molecular flexibility index (Phi) is 3.56. The molecule has 0 aliphatic rings. The molecule has 0 aliphatic heterocycles. The molecule has 2 heterocycles. The summed E-state index contributed by atoms with van der Waals surface area (Å²) in [6, 6.07) is 11.1. The summed E-state index contributed by atoms with van der Waals surface area (Å²) < 4.78 is 16.9. The van der Waals surface area contributed by atoms with Crippen molar-refractivity contribution in [2.45, 2.75) is 6.92 Å². The average molecular weight is 335 g/mol. The van der Waals surface area contributed by atoms with Crippen molar-refractivity contribution in [1.29, 1.82) is 0 Å². The lowest BCUT2D eigenvalue weighted by molar-refractivity contribution is 0.339. The predicted molar refractivity (Wildman–Crippen MR) is 76.3 cm³/mol. The molecule has 0 unspecified atom stereocenters. The average Bonchev–Trinajstić information content (AvgIpc) is 3.08. The standard InChI is InChI=1S/C14H11BrN2O3/c1-2-18-10-6-4-3-5-9(10)14-16-13(17-20-14)11-7-8-12(15)19-11/h3-8H,2H2,1H3. The number of nitrogens with zero attached hydrogens (tertiary/aromatic N) is 2. The molecule has 20 heavy (non-hydrogen) atoms. The third-order valence-electron chi connectivity index (χ3n) is 2.64. The van der Waals surface area contributed by atoms with Crippen LogP contribution >= 0.6 is 15.9 Å². The highest BCUT2D eigenvalue weighted by molar-refractivity contribution is 9.10. The first-order valence-electron chi connectivity index (χ1n) is 6.09. The number of rotatable bonds is 4. The van der Waals surface area contributed by atoms with Crippen LogP contribution in [0.3, 0.4) is 0 Å². The van der Waals surface area contributed by atoms with Crippen LogP contribution in [-0.2, 0) is 0 Å². The largest absolute Gasteiger partial charge is 0.493 e. The highest BCUT2D eigenvalue weighted by Gasteiger charge is 2.16. The molecule has 1 aromatic carbocycles. The van der Waals surface area contributed by atoms with E-state index in [1.165, 1.54) is 0 Å². The Bertz CT molecular complexity index is 721. The van der Waals surface area contributed by atoms with E-state index < -0.39 is 0 Å². The second kappa shape index (κ2) is 5.50. The van der Waals surface area contributed by atoms with Crippen molar-refractivity contribution in [2.24, 2.45) is 0 Å². The van der Waals surface area contributed by atoms with Crippen molar-refractivity contribution in [3.8, 4) is 28.8 Å². The van der Waals surface area contributed by atoms with E-state index in [2.05, 4.69) is 26.1 Å². The molecular formula is C14H11BrN2O3. The van der Waals surface area contributed by atoms with E-state index in [0.29, 0.717) is 34.5 Å². The molecule has 102 valence electrons. The minimum atomic E-state index is 0.400. The molecule has 0 radical (unpaired) electrons. The van der Waals surface area contributed by atoms with Crippen molar-refractivity contribution in [3.05, 3.63) is 41.1 Å². The van der Waals surface area contributed by atoms with Gasteiger partial charge in [-0.1, -0.05) is 17.3 Å². The Morgan fingerprint density at radius 2 is 2.05 bits per heavy atom. The summed E-state index contributed by atoms with van der Waals surface area (Å²) in [5.74, 6) is 2.06. The van der Waals surface area contributed by atoms with Gasteiger partial charge in [0.25, 0.3) is 5.89 Å². The first kappa shape index (κ1) is 12.9. The van der Waals surface area contributed by atoms with Crippen molar-refractivity contribution in [1.82, 2.24) is 10.1 Å². The Morgan fingerprint density at radius 3 is 2.80 bits per heavy atom. The van der Waals surface area contributed by atoms with Crippen LogP contribution < -0.4 is 4.74 Å². The van der Waals surface area contributed by atoms with Crippen LogP contribution in [0.1, 0.15) is 6.92 Å². The first-order chi connectivity index (χ1) is 9.78. The molecule has 6 heteroatoms. The monoisotopic (exact) mass is 334 g/mol. The number of halogens is 1. The van der Waals surface area contributed by atoms with Crippen LogP contribution in [0.4, 0.5) is 0 Å². The van der Waals surface area contributed by atoms with Crippen molar-refractivity contribution in [2.75, 3.05) is 6.61 Å². The van der Waals surface area contributed by atoms with Gasteiger partial charge in [0.1, 0.15) is 5.75 Å². The fourth-order valence-electron chi connectivity index (χ4n) is 1.79. The molecular weight excluding hydrogens is 324 g/mol. The third-order valence-corrected chi connectivity index (χ3v) is 3.06. The molecule has 0 bridgehead atoms. The number of hydrogen-bond acceptors (Lipinski definition) is 5. The summed E-state index contributed by atoms with van der Waals surface area (Å²) in [5, 5.41) is 3.92. The lowest BCUT2D eigenvalue weighted by Gasteiger charge is -2.05. The second-order valence-corrected chi connectivity index (χ2v) is 4.74. The highest BCUT2D eigenvalue weighted by Crippen LogP contribution is 2.30. The topological polar surface area (TPSA) is 61.3 Å². The smallest absolute Gasteiger partial charge is 0.262 e. The van der Waals surface area contributed by atoms with Crippen LogP contribution in [0.25, 0.3) is 23.0 Å². The van der Waals surface area contributed by atoms with Crippen LogP contribution in [0.15, 0.2) is 50.0 Å². The number of hydrogen-bond donors (Lipinski definition) is 0. The molecule has 3 rings (SSSR count). The van der Waals surface area contributed by atoms with Crippen LogP contribution in [0, 0.1) is 0 Å². The number of para-hydroxylation sites is 1. The van der Waals surface area contributed by atoms with Crippen molar-refractivity contribution < 1.29 is 13.7 Å². The molecule has 0 saturated heterocycles. The summed E-state index contributed by atoms with van der Waals surface area (Å²) in [6.45, 7) is 2.50. The van der Waals surface area contributed by atoms with E-state index in [1.54, 1.807) is 12.1 Å². The first-order valence-corrected chi connectivity index (χ1v) is 6.89. The van der Waals surface area contributed by atoms with E-state index in [0.717, 1.165) is 5.56 Å². The molecule has 2 aromatic heterocycles. The third kappa shape index (κ3) is 2.46. The van der Waals surface area contributed by atoms with Crippen molar-refractivity contribution in [3.63, 3.8) is 0 Å². The Morgan fingerprint density at radius 1 is 1.20 bits per heavy atom. The van der Waals surface area contributed by atoms with Gasteiger partial charge in [-0.2, -0.15) is 4.98 Å². The molecule has 0 N–H and O–H groups in total. The Labute approximate surface area is 123 Å². The minimum Gasteiger partial charge on any atom is -0.493 e. The van der Waals surface area contributed by atoms with E-state index >= 15 is 0 Å². The lowest BCUT2D eigenvalue weighted by atomic mass is 10.2. The van der Waals surface area contributed by atoms with Crippen LogP contribution in [0.2, 0.25) is 0 Å². The molecule has 0 amide bonds. The molecule has 0 saturated carbocycles. The quantitative estimate of drug-likeness (QED) is 0.716. The van der Waals surface area contributed by atoms with Gasteiger partial charge in [-0.15, -0.1) is 0 Å². The zero-order chi connectivity index (χ0) is 13.9. The maximum atomic E-state index is 5.55. The molecule has 0 aliphatic carbocycles. The van der Waals surface area contributed by atoms with Crippen LogP contribution in [0.5, 0.6) is 5.75 Å². The van der Waals surface area contributed by atoms with Gasteiger partial charge >= 0.3 is 0 Å². The van der Waals surface area contributed by atoms with E-state index in [9.17, 15) is 0 Å². The maximum absolute atomic E-state index is 5.55. The van der Waals surface area contributed by atoms with E-state index in [-0.39, 0.29) is 0 Å². The zero-order valence-corrected chi connectivity index (χ0v) is 12.3. The normalized spacial score (nSPS) is 10.7. The number of ether oxygens (including phenoxy) is 1. The number of benzene rings is 1. The Balaban J connectivity index is 1.98. The predicted octanol–water partition coefficient (Wildman–Crippen LogP) is 4.16. The van der Waals surface area contributed by atoms with E-state index in [4.69, 9.17) is 13.7 Å². The van der Waals surface area contributed by atoms with E-state index in [1.807, 2.05) is 31.2 Å². The zero-order valence-electron chi connectivity index (χ0n) is 10.7. The maximum Gasteiger partial charge on any atom is 0.262 e. The van der Waals surface area contributed by atoms with Gasteiger partial charge in [0.15, 0.2) is 10.4 Å². The van der Waals surface area contributed by atoms with Gasteiger partial charge in [-0.05, 0) is 47.1 Å². The Hall–Kier alpha value is -2.08. The van der Waals surface area contributed by atoms with Gasteiger partial charge in [0, 0.05) is 0 Å². The highest BCUT2D eigenvalue weighted by atomic mass is 79.9. The number of aromatic nitrogens is 2. The van der Waals surface area contributed by atoms with Crippen molar-refractivity contribution >= 4 is 15.9 Å². The number of furan rings is 1. The molecule has 0 atom stereocenters. The van der Waals surface area contributed by atoms with Gasteiger partial charge in [-0.3, -0.25) is 0 Å². The lowest BCUT2D eigenvalue weighted by Crippen LogP contribution is -1.93. The fraction of sp³-hybridized carbons (Fsp3) is 0.143. The SMILES string of the molecule is CCOc1ccccc1-c1nc(-c2ccc(Br)o2)no1. The van der Waals surface area contributed by atoms with Gasteiger partial charge in [-0.25, -0.2) is 0 Å². The second-order valence-electron chi connectivity index (χ2n) is 3.96. The van der Waals surface area contributed by atoms with Gasteiger partial charge in [0.05, 0.1) is 12.2 Å². The summed E-state index contributed by atoms with van der Waals surface area (Å²) in [4.78, 5) is 4.33. The van der Waals surface area contributed by atoms with Gasteiger partial charge in [0.2, 0.25) is 5.82 Å². The van der Waals surface area contributed by atoms with Crippen LogP contribution in [-0.4, -0.2) is 16.7 Å². The summed E-state index contributed by atoms with van der Waals surface area (Å²) in [6.07, 6.45) is 0. The molecule has 3 aromatic rings. The summed E-state index contributed by atoms with van der Waals surface area (Å²) in [7, 11) is 0. The molecule has 5 nitrogen and oxygen atoms in total. The summed E-state index contributed by atoms with van der Waals surface area (Å²) in [5.41, 5.74) is 0.763. The molecule has 0 spiro atoms. The van der Waals surface area contributed by atoms with Gasteiger partial charge < -0.3 is 13.7 Å². The molecule has 0 fully saturated rings. The summed E-state index contributed by atoms with van der Waals surface area (Å²) >= 11 is 3.24.